The van der Waals surface area contributed by atoms with Gasteiger partial charge in [-0.15, -0.1) is 10.1 Å². The SMILES string of the molecule is CC(C)(C)OC(=O)/N=C(/NC(=O)OC(C)(C)C)N(CCCN(C(=O)On1nnc2ccccc21)N1C(=O)c2ccccc2C1=O)C(=O)OC(C)(C)C. The number of aliphatic imine (C=N–C) groups is 1. The van der Waals surface area contributed by atoms with Crippen molar-refractivity contribution in [2.75, 3.05) is 13.1 Å². The Kier molecular flexibility index (Phi) is 11.2. The first kappa shape index (κ1) is 38.7. The fourth-order valence-corrected chi connectivity index (χ4v) is 4.61. The molecule has 0 bridgehead atoms. The van der Waals surface area contributed by atoms with Gasteiger partial charge in [-0.25, -0.2) is 29.1 Å². The number of amides is 6. The second-order valence-corrected chi connectivity index (χ2v) is 14.4. The maximum absolute atomic E-state index is 13.8. The van der Waals surface area contributed by atoms with Crippen molar-refractivity contribution in [1.29, 1.82) is 0 Å². The number of imide groups is 1. The number of nitrogens with one attached hydrogen (secondary N) is 1. The van der Waals surface area contributed by atoms with Crippen LogP contribution in [0.3, 0.4) is 0 Å². The number of fused-ring (bicyclic) bond motifs is 2. The molecule has 0 fully saturated rings. The summed E-state index contributed by atoms with van der Waals surface area (Å²) in [7, 11) is 0. The van der Waals surface area contributed by atoms with Crippen LogP contribution in [0.25, 0.3) is 11.0 Å². The first-order valence-electron chi connectivity index (χ1n) is 16.2. The van der Waals surface area contributed by atoms with Crippen molar-refractivity contribution in [2.24, 2.45) is 4.99 Å². The molecule has 3 aromatic rings. The Balaban J connectivity index is 1.69. The molecule has 0 spiro atoms. The van der Waals surface area contributed by atoms with E-state index in [4.69, 9.17) is 19.0 Å². The van der Waals surface area contributed by atoms with Crippen molar-refractivity contribution in [3.05, 3.63) is 59.7 Å². The molecule has 18 nitrogen and oxygen atoms in total. The number of guanidine groups is 1. The first-order chi connectivity index (χ1) is 24.1. The van der Waals surface area contributed by atoms with E-state index in [-0.39, 0.29) is 17.5 Å². The number of nitrogens with zero attached hydrogens (tertiary/aromatic N) is 7. The number of carbonyl (C=O) groups excluding carboxylic acids is 6. The molecule has 0 saturated carbocycles. The number of benzene rings is 2. The highest BCUT2D eigenvalue weighted by Crippen LogP contribution is 2.25. The number of hydrazine groups is 1. The lowest BCUT2D eigenvalue weighted by Gasteiger charge is -2.31. The van der Waals surface area contributed by atoms with Gasteiger partial charge in [-0.2, -0.15) is 5.01 Å². The van der Waals surface area contributed by atoms with E-state index in [0.717, 1.165) is 14.8 Å². The Morgan fingerprint density at radius 3 is 1.88 bits per heavy atom. The molecule has 1 N–H and O–H groups in total. The van der Waals surface area contributed by atoms with Gasteiger partial charge in [-0.05, 0) is 98.2 Å². The first-order valence-corrected chi connectivity index (χ1v) is 16.2. The fraction of sp³-hybridized carbons (Fsp3) is 0.441. The van der Waals surface area contributed by atoms with Crippen LogP contribution in [0.5, 0.6) is 0 Å². The predicted molar refractivity (Wildman–Crippen MR) is 184 cm³/mol. The molecular weight excluding hydrogens is 680 g/mol. The van der Waals surface area contributed by atoms with Crippen LogP contribution in [0.2, 0.25) is 0 Å². The zero-order chi connectivity index (χ0) is 38.6. The zero-order valence-corrected chi connectivity index (χ0v) is 30.5. The van der Waals surface area contributed by atoms with Crippen molar-refractivity contribution >= 4 is 53.2 Å². The van der Waals surface area contributed by atoms with Crippen LogP contribution in [-0.2, 0) is 14.2 Å². The van der Waals surface area contributed by atoms with Gasteiger partial charge >= 0.3 is 24.4 Å². The fourth-order valence-electron chi connectivity index (χ4n) is 4.61. The highest BCUT2D eigenvalue weighted by atomic mass is 16.7. The summed E-state index contributed by atoms with van der Waals surface area (Å²) in [6.07, 6.45) is -4.65. The monoisotopic (exact) mass is 722 g/mol. The molecule has 1 aliphatic rings. The zero-order valence-electron chi connectivity index (χ0n) is 30.5. The smallest absolute Gasteiger partial charge is 0.444 e. The van der Waals surface area contributed by atoms with Crippen molar-refractivity contribution in [1.82, 2.24) is 35.4 Å². The summed E-state index contributed by atoms with van der Waals surface area (Å²) in [4.78, 5) is 91.2. The number of alkyl carbamates (subject to hydrolysis) is 1. The summed E-state index contributed by atoms with van der Waals surface area (Å²) in [5, 5.41) is 11.5. The van der Waals surface area contributed by atoms with E-state index in [1.54, 1.807) is 98.7 Å². The third-order valence-electron chi connectivity index (χ3n) is 6.54. The quantitative estimate of drug-likeness (QED) is 0.118. The Labute approximate surface area is 299 Å². The Morgan fingerprint density at radius 1 is 0.750 bits per heavy atom. The molecule has 6 amide bonds. The average Bonchev–Trinajstić information content (AvgIpc) is 3.52. The topological polar surface area (TPSA) is 204 Å². The van der Waals surface area contributed by atoms with Crippen LogP contribution in [0.1, 0.15) is 89.5 Å². The summed E-state index contributed by atoms with van der Waals surface area (Å²) in [6.45, 7) is 13.6. The van der Waals surface area contributed by atoms with Gasteiger partial charge in [0.05, 0.1) is 11.1 Å². The largest absolute Gasteiger partial charge is 0.455 e. The van der Waals surface area contributed by atoms with E-state index in [2.05, 4.69) is 20.6 Å². The van der Waals surface area contributed by atoms with Crippen molar-refractivity contribution in [2.45, 2.75) is 85.5 Å². The third-order valence-corrected chi connectivity index (χ3v) is 6.54. The Morgan fingerprint density at radius 2 is 1.31 bits per heavy atom. The van der Waals surface area contributed by atoms with Crippen molar-refractivity contribution in [3.8, 4) is 0 Å². The van der Waals surface area contributed by atoms with Crippen LogP contribution in [0.4, 0.5) is 19.2 Å². The number of hydrogen-bond acceptors (Lipinski definition) is 12. The molecule has 0 atom stereocenters. The molecule has 278 valence electrons. The molecule has 1 aliphatic heterocycles. The third kappa shape index (κ3) is 10.0. The number of rotatable bonds is 6. The van der Waals surface area contributed by atoms with Crippen LogP contribution >= 0.6 is 0 Å². The maximum atomic E-state index is 13.8. The van der Waals surface area contributed by atoms with Crippen LogP contribution in [0, 0.1) is 0 Å². The minimum atomic E-state index is -1.19. The number of ether oxygens (including phenoxy) is 3. The second kappa shape index (κ2) is 15.0. The molecule has 4 rings (SSSR count). The Hall–Kier alpha value is -6.07. The van der Waals surface area contributed by atoms with E-state index in [1.807, 2.05) is 0 Å². The number of aromatic nitrogens is 3. The second-order valence-electron chi connectivity index (χ2n) is 14.4. The standard InChI is InChI=1S/C34H42N8O10/c1-32(2,3)49-28(45)35-27(36-29(46)50-33(4,5)6)39(30(47)51-34(7,8)9)19-14-20-40(41-25(43)21-15-10-11-16-22(21)26(41)44)31(48)52-42-24-18-13-12-17-23(24)37-38-42/h10-13,15-18H,14,19-20H2,1-9H3,(H,35,36,45,46). The van der Waals surface area contributed by atoms with Gasteiger partial charge in [-0.3, -0.25) is 19.7 Å². The van der Waals surface area contributed by atoms with Gasteiger partial charge in [0, 0.05) is 13.1 Å². The van der Waals surface area contributed by atoms with E-state index >= 15 is 0 Å². The maximum Gasteiger partial charge on any atom is 0.455 e. The molecule has 0 aliphatic carbocycles. The van der Waals surface area contributed by atoms with E-state index in [9.17, 15) is 28.8 Å². The number of para-hydroxylation sites is 1. The van der Waals surface area contributed by atoms with E-state index in [0.29, 0.717) is 16.0 Å². The number of hydrogen-bond donors (Lipinski definition) is 1. The molecule has 0 saturated heterocycles. The molecular formula is C34H42N8O10. The summed E-state index contributed by atoms with van der Waals surface area (Å²) in [5.74, 6) is -2.21. The minimum Gasteiger partial charge on any atom is -0.444 e. The van der Waals surface area contributed by atoms with Gasteiger partial charge in [0.2, 0.25) is 5.96 Å². The summed E-state index contributed by atoms with van der Waals surface area (Å²) < 4.78 is 16.2. The lowest BCUT2D eigenvalue weighted by atomic mass is 10.1. The summed E-state index contributed by atoms with van der Waals surface area (Å²) in [6, 6.07) is 12.6. The average molecular weight is 723 g/mol. The van der Waals surface area contributed by atoms with Gasteiger partial charge < -0.3 is 14.2 Å². The molecule has 52 heavy (non-hydrogen) atoms. The van der Waals surface area contributed by atoms with Gasteiger partial charge in [0.1, 0.15) is 27.8 Å². The normalized spacial score (nSPS) is 13.4. The lowest BCUT2D eigenvalue weighted by molar-refractivity contribution is -0.00847. The minimum absolute atomic E-state index is 0.0558. The molecule has 2 aromatic carbocycles. The van der Waals surface area contributed by atoms with E-state index < -0.39 is 72.0 Å². The molecule has 2 heterocycles. The van der Waals surface area contributed by atoms with Gasteiger partial charge in [-0.1, -0.05) is 29.1 Å². The summed E-state index contributed by atoms with van der Waals surface area (Å²) in [5.41, 5.74) is -2.16. The van der Waals surface area contributed by atoms with Gasteiger partial charge in [0.25, 0.3) is 11.8 Å². The molecule has 1 aromatic heterocycles. The molecule has 0 radical (unpaired) electrons. The van der Waals surface area contributed by atoms with Crippen LogP contribution in [-0.4, -0.2) is 102 Å². The Bertz CT molecular complexity index is 1870. The predicted octanol–water partition coefficient (Wildman–Crippen LogP) is 4.94. The highest BCUT2D eigenvalue weighted by molar-refractivity contribution is 6.21. The number of carbonyl (C=O) groups is 6. The van der Waals surface area contributed by atoms with Gasteiger partial charge in [0.15, 0.2) is 0 Å². The van der Waals surface area contributed by atoms with E-state index in [1.165, 1.54) is 12.1 Å². The lowest BCUT2D eigenvalue weighted by Crippen LogP contribution is -2.54. The highest BCUT2D eigenvalue weighted by Gasteiger charge is 2.42. The van der Waals surface area contributed by atoms with Crippen LogP contribution < -0.4 is 10.2 Å². The van der Waals surface area contributed by atoms with Crippen molar-refractivity contribution in [3.63, 3.8) is 0 Å². The summed E-state index contributed by atoms with van der Waals surface area (Å²) >= 11 is 0. The van der Waals surface area contributed by atoms with Crippen LogP contribution in [0.15, 0.2) is 53.5 Å². The van der Waals surface area contributed by atoms with Crippen molar-refractivity contribution < 1.29 is 47.8 Å². The molecule has 18 heteroatoms. The molecule has 0 unspecified atom stereocenters.